The van der Waals surface area contributed by atoms with Crippen LogP contribution in [0.3, 0.4) is 0 Å². The number of fused-ring (bicyclic) bond motifs is 4. The van der Waals surface area contributed by atoms with Gasteiger partial charge in [-0.25, -0.2) is 0 Å². The Morgan fingerprint density at radius 2 is 2.45 bits per heavy atom. The lowest BCUT2D eigenvalue weighted by Crippen LogP contribution is -2.58. The van der Waals surface area contributed by atoms with E-state index in [1.165, 1.54) is 12.8 Å². The van der Waals surface area contributed by atoms with Gasteiger partial charge in [-0.3, -0.25) is 5.43 Å². The van der Waals surface area contributed by atoms with Crippen LogP contribution in [-0.4, -0.2) is 36.0 Å². The molecule has 0 aromatic carbocycles. The van der Waals surface area contributed by atoms with Crippen molar-refractivity contribution < 1.29 is 0 Å². The van der Waals surface area contributed by atoms with Crippen LogP contribution < -0.4 is 10.7 Å². The smallest absolute Gasteiger partial charge is 0.131 e. The molecule has 11 heavy (non-hydrogen) atoms. The van der Waals surface area contributed by atoms with Crippen molar-refractivity contribution in [3.05, 3.63) is 0 Å². The predicted octanol–water partition coefficient (Wildman–Crippen LogP) is -0.705. The zero-order valence-electron chi connectivity index (χ0n) is 6.33. The van der Waals surface area contributed by atoms with Gasteiger partial charge in [0, 0.05) is 18.6 Å². The molecule has 2 bridgehead atoms. The molecule has 3 aliphatic rings. The SMILES string of the molecule is C1=NNC2C3CCC(CN12)N3. The van der Waals surface area contributed by atoms with Crippen LogP contribution in [0.4, 0.5) is 0 Å². The third kappa shape index (κ3) is 0.701. The molecule has 2 saturated heterocycles. The standard InChI is InChI=1S/C7H12N4/c1-2-6-7-10-8-4-11(7)3-5(1)9-6/h4-7,9-10H,1-3H2. The zero-order valence-corrected chi connectivity index (χ0v) is 6.33. The van der Waals surface area contributed by atoms with Crippen LogP contribution in [0.5, 0.6) is 0 Å². The Bertz CT molecular complexity index is 203. The Hall–Kier alpha value is -0.770. The molecule has 0 radical (unpaired) electrons. The van der Waals surface area contributed by atoms with Gasteiger partial charge in [-0.2, -0.15) is 5.10 Å². The summed E-state index contributed by atoms with van der Waals surface area (Å²) in [4.78, 5) is 2.30. The fourth-order valence-electron chi connectivity index (χ4n) is 2.31. The third-order valence-electron chi connectivity index (χ3n) is 2.86. The monoisotopic (exact) mass is 152 g/mol. The van der Waals surface area contributed by atoms with Gasteiger partial charge < -0.3 is 10.2 Å². The summed E-state index contributed by atoms with van der Waals surface area (Å²) in [6.07, 6.45) is 4.99. The van der Waals surface area contributed by atoms with Gasteiger partial charge in [-0.15, -0.1) is 0 Å². The van der Waals surface area contributed by atoms with Gasteiger partial charge in [0.1, 0.15) is 12.5 Å². The van der Waals surface area contributed by atoms with E-state index >= 15 is 0 Å². The molecule has 4 nitrogen and oxygen atoms in total. The summed E-state index contributed by atoms with van der Waals surface area (Å²) in [6, 6.07) is 1.33. The molecule has 2 fully saturated rings. The molecule has 0 saturated carbocycles. The quantitative estimate of drug-likeness (QED) is 0.482. The summed E-state index contributed by atoms with van der Waals surface area (Å²) in [6.45, 7) is 1.12. The van der Waals surface area contributed by atoms with Gasteiger partial charge in [0.15, 0.2) is 0 Å². The van der Waals surface area contributed by atoms with Crippen LogP contribution in [0, 0.1) is 0 Å². The van der Waals surface area contributed by atoms with E-state index in [-0.39, 0.29) is 0 Å². The Morgan fingerprint density at radius 3 is 3.45 bits per heavy atom. The molecular weight excluding hydrogens is 140 g/mol. The Balaban J connectivity index is 1.89. The minimum absolute atomic E-state index is 0.439. The van der Waals surface area contributed by atoms with Crippen LogP contribution in [0.25, 0.3) is 0 Å². The van der Waals surface area contributed by atoms with E-state index in [0.717, 1.165) is 6.54 Å². The van der Waals surface area contributed by atoms with E-state index in [0.29, 0.717) is 18.2 Å². The second kappa shape index (κ2) is 1.88. The second-order valence-corrected chi connectivity index (χ2v) is 3.56. The van der Waals surface area contributed by atoms with Gasteiger partial charge in [-0.1, -0.05) is 0 Å². The lowest BCUT2D eigenvalue weighted by atomic mass is 10.2. The lowest BCUT2D eigenvalue weighted by Gasteiger charge is -2.35. The summed E-state index contributed by atoms with van der Waals surface area (Å²) in [7, 11) is 0. The maximum Gasteiger partial charge on any atom is 0.131 e. The molecule has 0 spiro atoms. The lowest BCUT2D eigenvalue weighted by molar-refractivity contribution is 0.195. The Labute approximate surface area is 65.6 Å². The van der Waals surface area contributed by atoms with Crippen LogP contribution in [0.15, 0.2) is 5.10 Å². The van der Waals surface area contributed by atoms with E-state index in [4.69, 9.17) is 0 Å². The van der Waals surface area contributed by atoms with Crippen molar-refractivity contribution in [2.45, 2.75) is 31.1 Å². The minimum atomic E-state index is 0.439. The zero-order chi connectivity index (χ0) is 7.26. The summed E-state index contributed by atoms with van der Waals surface area (Å²) in [5.74, 6) is 0. The molecule has 4 heteroatoms. The first-order valence-corrected chi connectivity index (χ1v) is 4.24. The highest BCUT2D eigenvalue weighted by molar-refractivity contribution is 5.57. The van der Waals surface area contributed by atoms with Gasteiger partial charge in [0.05, 0.1) is 0 Å². The third-order valence-corrected chi connectivity index (χ3v) is 2.86. The van der Waals surface area contributed by atoms with E-state index < -0.39 is 0 Å². The van der Waals surface area contributed by atoms with E-state index in [1.807, 2.05) is 6.34 Å². The fraction of sp³-hybridized carbons (Fsp3) is 0.857. The number of piperazine rings is 1. The molecule has 0 aromatic heterocycles. The highest BCUT2D eigenvalue weighted by Crippen LogP contribution is 2.24. The van der Waals surface area contributed by atoms with Crippen LogP contribution in [0.2, 0.25) is 0 Å². The molecule has 3 rings (SSSR count). The number of nitrogens with zero attached hydrogens (tertiary/aromatic N) is 2. The van der Waals surface area contributed by atoms with Gasteiger partial charge >= 0.3 is 0 Å². The summed E-state index contributed by atoms with van der Waals surface area (Å²) in [5.41, 5.74) is 3.12. The van der Waals surface area contributed by atoms with Crippen molar-refractivity contribution in [2.24, 2.45) is 5.10 Å². The average Bonchev–Trinajstić information content (AvgIpc) is 2.58. The number of hydrogen-bond donors (Lipinski definition) is 2. The van der Waals surface area contributed by atoms with Crippen molar-refractivity contribution >= 4 is 6.34 Å². The number of rotatable bonds is 0. The molecule has 0 amide bonds. The normalized spacial score (nSPS) is 45.8. The van der Waals surface area contributed by atoms with Crippen LogP contribution in [-0.2, 0) is 0 Å². The van der Waals surface area contributed by atoms with Crippen LogP contribution in [0.1, 0.15) is 12.8 Å². The Morgan fingerprint density at radius 1 is 1.45 bits per heavy atom. The molecule has 2 N–H and O–H groups in total. The van der Waals surface area contributed by atoms with Gasteiger partial charge in [0.2, 0.25) is 0 Å². The molecule has 3 unspecified atom stereocenters. The second-order valence-electron chi connectivity index (χ2n) is 3.56. The number of hydrazone groups is 1. The predicted molar refractivity (Wildman–Crippen MR) is 42.1 cm³/mol. The highest BCUT2D eigenvalue weighted by Gasteiger charge is 2.40. The van der Waals surface area contributed by atoms with Gasteiger partial charge in [0.25, 0.3) is 0 Å². The summed E-state index contributed by atoms with van der Waals surface area (Å²) < 4.78 is 0. The first-order valence-electron chi connectivity index (χ1n) is 4.24. The minimum Gasteiger partial charge on any atom is -0.337 e. The Kier molecular flexibility index (Phi) is 0.996. The molecule has 0 aliphatic carbocycles. The first kappa shape index (κ1) is 5.83. The van der Waals surface area contributed by atoms with E-state index in [2.05, 4.69) is 20.7 Å². The van der Waals surface area contributed by atoms with Gasteiger partial charge in [-0.05, 0) is 12.8 Å². The topological polar surface area (TPSA) is 39.7 Å². The molecule has 3 aliphatic heterocycles. The van der Waals surface area contributed by atoms with Crippen molar-refractivity contribution in [3.63, 3.8) is 0 Å². The highest BCUT2D eigenvalue weighted by atomic mass is 15.5. The van der Waals surface area contributed by atoms with E-state index in [1.54, 1.807) is 0 Å². The summed E-state index contributed by atoms with van der Waals surface area (Å²) >= 11 is 0. The molecule has 3 atom stereocenters. The van der Waals surface area contributed by atoms with Crippen LogP contribution >= 0.6 is 0 Å². The molecular formula is C7H12N4. The van der Waals surface area contributed by atoms with Crippen molar-refractivity contribution in [1.29, 1.82) is 0 Å². The summed E-state index contributed by atoms with van der Waals surface area (Å²) in [5, 5.41) is 7.64. The maximum absolute atomic E-state index is 4.06. The largest absolute Gasteiger partial charge is 0.337 e. The van der Waals surface area contributed by atoms with Crippen molar-refractivity contribution in [2.75, 3.05) is 6.54 Å². The first-order chi connectivity index (χ1) is 5.43. The average molecular weight is 152 g/mol. The van der Waals surface area contributed by atoms with Crippen molar-refractivity contribution in [3.8, 4) is 0 Å². The maximum atomic E-state index is 4.06. The molecule has 0 aromatic rings. The van der Waals surface area contributed by atoms with E-state index in [9.17, 15) is 0 Å². The molecule has 60 valence electrons. The fourth-order valence-corrected chi connectivity index (χ4v) is 2.31. The molecule has 3 heterocycles. The van der Waals surface area contributed by atoms with Crippen molar-refractivity contribution in [1.82, 2.24) is 15.6 Å². The number of nitrogens with one attached hydrogen (secondary N) is 2. The number of hydrogen-bond acceptors (Lipinski definition) is 4.